The minimum atomic E-state index is -0.100. The van der Waals surface area contributed by atoms with E-state index in [1.54, 1.807) is 12.3 Å². The first-order valence-electron chi connectivity index (χ1n) is 9.42. The third kappa shape index (κ3) is 3.93. The fraction of sp³-hybridized carbons (Fsp3) is 0.174. The number of pyridine rings is 1. The highest BCUT2D eigenvalue weighted by Crippen LogP contribution is 2.20. The van der Waals surface area contributed by atoms with Gasteiger partial charge in [-0.25, -0.2) is 0 Å². The van der Waals surface area contributed by atoms with Crippen LogP contribution >= 0.6 is 0 Å². The van der Waals surface area contributed by atoms with Crippen LogP contribution < -0.4 is 5.32 Å². The molecule has 0 aliphatic carbocycles. The van der Waals surface area contributed by atoms with Gasteiger partial charge in [-0.1, -0.05) is 60.7 Å². The first-order chi connectivity index (χ1) is 13.7. The standard InChI is InChI=1S/C23H22N4O/c1-17-25-26-22-15-13-20(16-27(17)22)23(28)24-21(19-10-6-3-7-11-19)14-12-18-8-4-2-5-9-18/h2-11,13,15-16,21H,12,14H2,1H3,(H,24,28). The van der Waals surface area contributed by atoms with E-state index < -0.39 is 0 Å². The summed E-state index contributed by atoms with van der Waals surface area (Å²) < 4.78 is 1.83. The quantitative estimate of drug-likeness (QED) is 0.555. The van der Waals surface area contributed by atoms with Gasteiger partial charge < -0.3 is 5.32 Å². The van der Waals surface area contributed by atoms with Crippen molar-refractivity contribution in [3.8, 4) is 0 Å². The Morgan fingerprint density at radius 3 is 2.43 bits per heavy atom. The summed E-state index contributed by atoms with van der Waals surface area (Å²) in [5.41, 5.74) is 3.70. The molecule has 0 spiro atoms. The number of aryl methyl sites for hydroxylation is 2. The smallest absolute Gasteiger partial charge is 0.253 e. The van der Waals surface area contributed by atoms with Crippen molar-refractivity contribution in [2.75, 3.05) is 0 Å². The van der Waals surface area contributed by atoms with E-state index >= 15 is 0 Å². The predicted octanol–water partition coefficient (Wildman–Crippen LogP) is 4.14. The molecule has 0 aliphatic heterocycles. The molecule has 2 heterocycles. The molecule has 2 aromatic heterocycles. The Bertz CT molecular complexity index is 1070. The SMILES string of the molecule is Cc1nnc2ccc(C(=O)NC(CCc3ccccc3)c3ccccc3)cn12. The molecule has 0 saturated carbocycles. The number of nitrogens with one attached hydrogen (secondary N) is 1. The third-order valence-corrected chi connectivity index (χ3v) is 4.91. The number of hydrogen-bond donors (Lipinski definition) is 1. The van der Waals surface area contributed by atoms with Gasteiger partial charge in [0.25, 0.3) is 5.91 Å². The minimum Gasteiger partial charge on any atom is -0.345 e. The largest absolute Gasteiger partial charge is 0.345 e. The van der Waals surface area contributed by atoms with Crippen molar-refractivity contribution in [3.05, 3.63) is 102 Å². The van der Waals surface area contributed by atoms with Gasteiger partial charge >= 0.3 is 0 Å². The number of nitrogens with zero attached hydrogens (tertiary/aromatic N) is 3. The number of benzene rings is 2. The number of rotatable bonds is 6. The molecule has 4 rings (SSSR count). The lowest BCUT2D eigenvalue weighted by Gasteiger charge is -2.19. The average Bonchev–Trinajstić information content (AvgIpc) is 3.12. The zero-order valence-electron chi connectivity index (χ0n) is 15.7. The molecule has 4 aromatic rings. The van der Waals surface area contributed by atoms with Crippen molar-refractivity contribution in [2.24, 2.45) is 0 Å². The molecule has 28 heavy (non-hydrogen) atoms. The Morgan fingerprint density at radius 2 is 1.68 bits per heavy atom. The summed E-state index contributed by atoms with van der Waals surface area (Å²) in [5.74, 6) is 0.658. The van der Waals surface area contributed by atoms with Crippen LogP contribution in [0.1, 0.15) is 39.8 Å². The molecule has 0 fully saturated rings. The molecule has 1 amide bonds. The molecule has 140 valence electrons. The maximum Gasteiger partial charge on any atom is 0.253 e. The van der Waals surface area contributed by atoms with E-state index in [1.165, 1.54) is 5.56 Å². The normalized spacial score (nSPS) is 12.0. The van der Waals surface area contributed by atoms with E-state index in [4.69, 9.17) is 0 Å². The molecule has 0 bridgehead atoms. The zero-order chi connectivity index (χ0) is 19.3. The highest BCUT2D eigenvalue weighted by atomic mass is 16.1. The van der Waals surface area contributed by atoms with Gasteiger partial charge in [-0.2, -0.15) is 0 Å². The van der Waals surface area contributed by atoms with E-state index in [1.807, 2.05) is 53.8 Å². The van der Waals surface area contributed by atoms with Crippen LogP contribution in [0.4, 0.5) is 0 Å². The Hall–Kier alpha value is -3.47. The van der Waals surface area contributed by atoms with Gasteiger partial charge in [0.2, 0.25) is 0 Å². The molecule has 0 saturated heterocycles. The van der Waals surface area contributed by atoms with Crippen molar-refractivity contribution in [1.29, 1.82) is 0 Å². The Morgan fingerprint density at radius 1 is 0.964 bits per heavy atom. The molecule has 1 atom stereocenters. The van der Waals surface area contributed by atoms with Crippen LogP contribution in [-0.4, -0.2) is 20.5 Å². The van der Waals surface area contributed by atoms with Gasteiger partial charge in [0.1, 0.15) is 5.82 Å². The average molecular weight is 370 g/mol. The number of carbonyl (C=O) groups is 1. The molecule has 5 nitrogen and oxygen atoms in total. The van der Waals surface area contributed by atoms with Crippen LogP contribution in [-0.2, 0) is 6.42 Å². The fourth-order valence-electron chi connectivity index (χ4n) is 3.34. The summed E-state index contributed by atoms with van der Waals surface area (Å²) in [6.45, 7) is 1.87. The van der Waals surface area contributed by atoms with Crippen molar-refractivity contribution < 1.29 is 4.79 Å². The van der Waals surface area contributed by atoms with Gasteiger partial charge in [0, 0.05) is 6.20 Å². The van der Waals surface area contributed by atoms with Crippen molar-refractivity contribution in [3.63, 3.8) is 0 Å². The first-order valence-corrected chi connectivity index (χ1v) is 9.42. The molecule has 5 heteroatoms. The van der Waals surface area contributed by atoms with E-state index in [9.17, 15) is 4.79 Å². The second-order valence-corrected chi connectivity index (χ2v) is 6.85. The van der Waals surface area contributed by atoms with E-state index in [2.05, 4.69) is 39.8 Å². The van der Waals surface area contributed by atoms with Gasteiger partial charge in [0.05, 0.1) is 11.6 Å². The topological polar surface area (TPSA) is 59.3 Å². The summed E-state index contributed by atoms with van der Waals surface area (Å²) in [6, 6.07) is 24.0. The lowest BCUT2D eigenvalue weighted by Crippen LogP contribution is -2.29. The van der Waals surface area contributed by atoms with Crippen molar-refractivity contribution >= 4 is 11.6 Å². The summed E-state index contributed by atoms with van der Waals surface area (Å²) >= 11 is 0. The molecular weight excluding hydrogens is 348 g/mol. The third-order valence-electron chi connectivity index (χ3n) is 4.91. The Labute approximate surface area is 164 Å². The van der Waals surface area contributed by atoms with Crippen LogP contribution in [0.5, 0.6) is 0 Å². The number of fused-ring (bicyclic) bond motifs is 1. The number of carbonyl (C=O) groups excluding carboxylic acids is 1. The summed E-state index contributed by atoms with van der Waals surface area (Å²) in [4.78, 5) is 13.0. The molecule has 1 N–H and O–H groups in total. The van der Waals surface area contributed by atoms with E-state index in [-0.39, 0.29) is 11.9 Å². The second-order valence-electron chi connectivity index (χ2n) is 6.85. The minimum absolute atomic E-state index is 0.0633. The van der Waals surface area contributed by atoms with Gasteiger partial charge in [-0.15, -0.1) is 10.2 Å². The molecule has 2 aromatic carbocycles. The molecule has 0 radical (unpaired) electrons. The van der Waals surface area contributed by atoms with E-state index in [0.29, 0.717) is 5.56 Å². The van der Waals surface area contributed by atoms with Crippen LogP contribution in [0.15, 0.2) is 79.0 Å². The zero-order valence-corrected chi connectivity index (χ0v) is 15.7. The lowest BCUT2D eigenvalue weighted by molar-refractivity contribution is 0.0934. The monoisotopic (exact) mass is 370 g/mol. The highest BCUT2D eigenvalue weighted by Gasteiger charge is 2.17. The number of amides is 1. The van der Waals surface area contributed by atoms with Gasteiger partial charge in [-0.05, 0) is 43.0 Å². The fourth-order valence-corrected chi connectivity index (χ4v) is 3.34. The number of hydrogen-bond acceptors (Lipinski definition) is 3. The molecule has 1 unspecified atom stereocenters. The first kappa shape index (κ1) is 17.9. The van der Waals surface area contributed by atoms with Gasteiger partial charge in [-0.3, -0.25) is 9.20 Å². The maximum absolute atomic E-state index is 13.0. The predicted molar refractivity (Wildman–Crippen MR) is 109 cm³/mol. The summed E-state index contributed by atoms with van der Waals surface area (Å²) in [7, 11) is 0. The number of aromatic nitrogens is 3. The van der Waals surface area contributed by atoms with Crippen molar-refractivity contribution in [2.45, 2.75) is 25.8 Å². The highest BCUT2D eigenvalue weighted by molar-refractivity contribution is 5.94. The Balaban J connectivity index is 1.55. The van der Waals surface area contributed by atoms with Crippen LogP contribution in [0.2, 0.25) is 0 Å². The van der Waals surface area contributed by atoms with Gasteiger partial charge in [0.15, 0.2) is 5.65 Å². The van der Waals surface area contributed by atoms with Crippen LogP contribution in [0.3, 0.4) is 0 Å². The lowest BCUT2D eigenvalue weighted by atomic mass is 9.98. The van der Waals surface area contributed by atoms with Crippen LogP contribution in [0, 0.1) is 6.92 Å². The maximum atomic E-state index is 13.0. The molecular formula is C23H22N4O. The molecule has 0 aliphatic rings. The van der Waals surface area contributed by atoms with Crippen molar-refractivity contribution in [1.82, 2.24) is 19.9 Å². The Kier molecular flexibility index (Phi) is 5.15. The summed E-state index contributed by atoms with van der Waals surface area (Å²) in [6.07, 6.45) is 3.51. The van der Waals surface area contributed by atoms with Crippen LogP contribution in [0.25, 0.3) is 5.65 Å². The second kappa shape index (κ2) is 8.05. The summed E-state index contributed by atoms with van der Waals surface area (Å²) in [5, 5.41) is 11.3. The van der Waals surface area contributed by atoms with E-state index in [0.717, 1.165) is 29.9 Å².